The molecule has 0 radical (unpaired) electrons. The van der Waals surface area contributed by atoms with Gasteiger partial charge in [-0.05, 0) is 40.1 Å². The lowest BCUT2D eigenvalue weighted by atomic mass is 10.0. The van der Waals surface area contributed by atoms with Crippen molar-refractivity contribution in [2.45, 2.75) is 13.0 Å². The molecule has 0 unspecified atom stereocenters. The van der Waals surface area contributed by atoms with E-state index in [1.165, 1.54) is 11.3 Å². The highest BCUT2D eigenvalue weighted by Crippen LogP contribution is 2.34. The van der Waals surface area contributed by atoms with Crippen LogP contribution in [0.1, 0.15) is 11.1 Å². The van der Waals surface area contributed by atoms with Crippen LogP contribution in [-0.2, 0) is 17.8 Å². The van der Waals surface area contributed by atoms with Gasteiger partial charge in [0, 0.05) is 12.4 Å². The van der Waals surface area contributed by atoms with Crippen molar-refractivity contribution in [1.29, 1.82) is 0 Å². The Morgan fingerprint density at radius 3 is 2.65 bits per heavy atom. The van der Waals surface area contributed by atoms with Gasteiger partial charge in [-0.3, -0.25) is 14.7 Å². The van der Waals surface area contributed by atoms with Crippen molar-refractivity contribution in [3.05, 3.63) is 101 Å². The molecule has 0 N–H and O–H groups in total. The molecule has 5 aromatic rings. The largest absolute Gasteiger partial charge is 0.283 e. The minimum Gasteiger partial charge on any atom is -0.283 e. The number of carbonyl (C=O) groups is 1. The van der Waals surface area contributed by atoms with Gasteiger partial charge in [-0.2, -0.15) is 0 Å². The molecule has 2 heterocycles. The first-order valence-corrected chi connectivity index (χ1v) is 11.1. The smallest absolute Gasteiger partial charge is 0.233 e. The Labute approximate surface area is 188 Å². The van der Waals surface area contributed by atoms with Crippen LogP contribution in [0.15, 0.2) is 85.2 Å². The monoisotopic (exact) mass is 443 g/mol. The third-order valence-corrected chi connectivity index (χ3v) is 6.52. The van der Waals surface area contributed by atoms with Crippen LogP contribution in [-0.4, -0.2) is 15.9 Å². The van der Waals surface area contributed by atoms with Gasteiger partial charge in [0.25, 0.3) is 0 Å². The molecular weight excluding hydrogens is 426 g/mol. The van der Waals surface area contributed by atoms with Crippen molar-refractivity contribution in [2.75, 3.05) is 4.90 Å². The van der Waals surface area contributed by atoms with E-state index in [4.69, 9.17) is 16.6 Å². The average molecular weight is 444 g/mol. The maximum atomic E-state index is 13.6. The summed E-state index contributed by atoms with van der Waals surface area (Å²) in [6.07, 6.45) is 3.78. The number of thiazole rings is 1. The van der Waals surface area contributed by atoms with Gasteiger partial charge in [-0.1, -0.05) is 77.5 Å². The summed E-state index contributed by atoms with van der Waals surface area (Å²) < 4.78 is 0.955. The van der Waals surface area contributed by atoms with Gasteiger partial charge in [0.2, 0.25) is 5.91 Å². The summed E-state index contributed by atoms with van der Waals surface area (Å²) >= 11 is 7.81. The van der Waals surface area contributed by atoms with Crippen LogP contribution in [0.25, 0.3) is 21.0 Å². The van der Waals surface area contributed by atoms with Crippen LogP contribution in [0.4, 0.5) is 5.13 Å². The topological polar surface area (TPSA) is 46.1 Å². The van der Waals surface area contributed by atoms with E-state index in [0.29, 0.717) is 16.7 Å². The van der Waals surface area contributed by atoms with Crippen molar-refractivity contribution in [2.24, 2.45) is 0 Å². The Balaban J connectivity index is 1.54. The molecule has 0 atom stereocenters. The molecule has 6 heteroatoms. The Hall–Kier alpha value is -3.28. The summed E-state index contributed by atoms with van der Waals surface area (Å²) in [4.78, 5) is 24.2. The number of hydrogen-bond donors (Lipinski definition) is 0. The number of aromatic nitrogens is 2. The average Bonchev–Trinajstić information content (AvgIpc) is 3.24. The van der Waals surface area contributed by atoms with Gasteiger partial charge in [0.1, 0.15) is 5.52 Å². The van der Waals surface area contributed by atoms with Crippen molar-refractivity contribution in [3.8, 4) is 0 Å². The van der Waals surface area contributed by atoms with Crippen molar-refractivity contribution >= 4 is 55.0 Å². The Morgan fingerprint density at radius 2 is 1.81 bits per heavy atom. The first kappa shape index (κ1) is 19.7. The van der Waals surface area contributed by atoms with Crippen molar-refractivity contribution in [3.63, 3.8) is 0 Å². The van der Waals surface area contributed by atoms with Gasteiger partial charge in [0.05, 0.1) is 22.7 Å². The first-order chi connectivity index (χ1) is 15.2. The van der Waals surface area contributed by atoms with E-state index in [0.717, 1.165) is 32.1 Å². The lowest BCUT2D eigenvalue weighted by Gasteiger charge is -2.20. The van der Waals surface area contributed by atoms with Crippen LogP contribution >= 0.6 is 22.9 Å². The Morgan fingerprint density at radius 1 is 0.968 bits per heavy atom. The summed E-state index contributed by atoms with van der Waals surface area (Å²) in [6.45, 7) is 0.398. The highest BCUT2D eigenvalue weighted by molar-refractivity contribution is 7.22. The fourth-order valence-electron chi connectivity index (χ4n) is 3.66. The van der Waals surface area contributed by atoms with Gasteiger partial charge in [-0.25, -0.2) is 4.98 Å². The lowest BCUT2D eigenvalue weighted by molar-refractivity contribution is -0.118. The number of benzene rings is 3. The van der Waals surface area contributed by atoms with Gasteiger partial charge in [0.15, 0.2) is 5.13 Å². The molecule has 0 bridgehead atoms. The SMILES string of the molecule is O=C(Cc1cccc2ccccc12)N(Cc1cccnc1)c1nc2c(Cl)cccc2s1. The third-order valence-electron chi connectivity index (χ3n) is 5.18. The molecule has 0 aliphatic carbocycles. The molecule has 0 saturated carbocycles. The number of pyridine rings is 1. The number of anilines is 1. The molecule has 5 rings (SSSR count). The standard InChI is InChI=1S/C25H18ClN3OS/c26-21-11-4-12-22-24(21)28-25(31-22)29(16-17-6-5-13-27-15-17)23(30)14-19-9-3-8-18-7-1-2-10-20(18)19/h1-13,15H,14,16H2. The summed E-state index contributed by atoms with van der Waals surface area (Å²) in [7, 11) is 0. The molecule has 1 amide bonds. The van der Waals surface area contributed by atoms with Crippen LogP contribution in [0.2, 0.25) is 5.02 Å². The number of carbonyl (C=O) groups excluding carboxylic acids is 1. The van der Waals surface area contributed by atoms with E-state index < -0.39 is 0 Å². The quantitative estimate of drug-likeness (QED) is 0.321. The molecule has 4 nitrogen and oxygen atoms in total. The van der Waals surface area contributed by atoms with Crippen LogP contribution in [0.3, 0.4) is 0 Å². The fourth-order valence-corrected chi connectivity index (χ4v) is 4.94. The molecule has 0 aliphatic heterocycles. The zero-order valence-electron chi connectivity index (χ0n) is 16.5. The second kappa shape index (κ2) is 8.46. The zero-order chi connectivity index (χ0) is 21.2. The summed E-state index contributed by atoms with van der Waals surface area (Å²) in [5.41, 5.74) is 2.66. The maximum absolute atomic E-state index is 13.6. The van der Waals surface area contributed by atoms with E-state index in [2.05, 4.69) is 23.2 Å². The van der Waals surface area contributed by atoms with E-state index in [1.807, 2.05) is 54.6 Å². The molecule has 31 heavy (non-hydrogen) atoms. The normalized spacial score (nSPS) is 11.1. The predicted octanol–water partition coefficient (Wildman–Crippen LogP) is 6.27. The van der Waals surface area contributed by atoms with E-state index in [1.54, 1.807) is 17.3 Å². The minimum atomic E-state index is -0.0182. The van der Waals surface area contributed by atoms with E-state index >= 15 is 0 Å². The predicted molar refractivity (Wildman–Crippen MR) is 128 cm³/mol. The number of fused-ring (bicyclic) bond motifs is 2. The first-order valence-electron chi connectivity index (χ1n) is 9.90. The molecule has 0 spiro atoms. The molecule has 2 aromatic heterocycles. The summed E-state index contributed by atoms with van der Waals surface area (Å²) in [6, 6.07) is 23.7. The van der Waals surface area contributed by atoms with Crippen molar-refractivity contribution in [1.82, 2.24) is 9.97 Å². The lowest BCUT2D eigenvalue weighted by Crippen LogP contribution is -2.31. The number of nitrogens with zero attached hydrogens (tertiary/aromatic N) is 3. The Bertz CT molecular complexity index is 1380. The molecule has 0 saturated heterocycles. The Kier molecular flexibility index (Phi) is 5.37. The van der Waals surface area contributed by atoms with E-state index in [-0.39, 0.29) is 12.3 Å². The number of halogens is 1. The van der Waals surface area contributed by atoms with Gasteiger partial charge >= 0.3 is 0 Å². The van der Waals surface area contributed by atoms with Gasteiger partial charge in [-0.15, -0.1) is 0 Å². The maximum Gasteiger partial charge on any atom is 0.233 e. The second-order valence-electron chi connectivity index (χ2n) is 7.24. The molecule has 152 valence electrons. The minimum absolute atomic E-state index is 0.0182. The molecule has 0 fully saturated rings. The fraction of sp³-hybridized carbons (Fsp3) is 0.0800. The third kappa shape index (κ3) is 4.02. The summed E-state index contributed by atoms with van der Waals surface area (Å²) in [5.74, 6) is -0.0182. The zero-order valence-corrected chi connectivity index (χ0v) is 18.1. The van der Waals surface area contributed by atoms with E-state index in [9.17, 15) is 4.79 Å². The second-order valence-corrected chi connectivity index (χ2v) is 8.66. The highest BCUT2D eigenvalue weighted by atomic mass is 35.5. The van der Waals surface area contributed by atoms with Crippen molar-refractivity contribution < 1.29 is 4.79 Å². The van der Waals surface area contributed by atoms with Crippen LogP contribution in [0, 0.1) is 0 Å². The number of amides is 1. The molecule has 3 aromatic carbocycles. The van der Waals surface area contributed by atoms with Crippen LogP contribution in [0.5, 0.6) is 0 Å². The van der Waals surface area contributed by atoms with Gasteiger partial charge < -0.3 is 0 Å². The highest BCUT2D eigenvalue weighted by Gasteiger charge is 2.22. The number of rotatable bonds is 5. The number of para-hydroxylation sites is 1. The molecular formula is C25H18ClN3OS. The van der Waals surface area contributed by atoms with Crippen LogP contribution < -0.4 is 4.90 Å². The number of hydrogen-bond acceptors (Lipinski definition) is 4. The molecule has 0 aliphatic rings. The summed E-state index contributed by atoms with van der Waals surface area (Å²) in [5, 5.41) is 3.44.